The van der Waals surface area contributed by atoms with Gasteiger partial charge in [-0.15, -0.1) is 0 Å². The molecule has 0 spiro atoms. The van der Waals surface area contributed by atoms with Gasteiger partial charge in [-0.2, -0.15) is 13.2 Å². The normalized spacial score (nSPS) is 32.1. The first-order chi connectivity index (χ1) is 8.02. The van der Waals surface area contributed by atoms with Gasteiger partial charge in [0, 0.05) is 12.0 Å². The molecular formula is C13H14F3N. The van der Waals surface area contributed by atoms with Crippen LogP contribution in [0.1, 0.15) is 24.0 Å². The van der Waals surface area contributed by atoms with Crippen molar-refractivity contribution in [3.8, 4) is 0 Å². The Balaban J connectivity index is 1.86. The summed E-state index contributed by atoms with van der Waals surface area (Å²) < 4.78 is 37.4. The van der Waals surface area contributed by atoms with Crippen LogP contribution in [0.3, 0.4) is 0 Å². The molecule has 1 saturated carbocycles. The molecule has 2 atom stereocenters. The zero-order chi connectivity index (χ0) is 12.1. The van der Waals surface area contributed by atoms with Gasteiger partial charge in [0.25, 0.3) is 0 Å². The number of alkyl halides is 3. The van der Waals surface area contributed by atoms with Gasteiger partial charge in [0.05, 0.1) is 5.56 Å². The third kappa shape index (κ3) is 1.75. The van der Waals surface area contributed by atoms with Gasteiger partial charge in [0.2, 0.25) is 0 Å². The van der Waals surface area contributed by atoms with E-state index in [1.165, 1.54) is 12.1 Å². The summed E-state index contributed by atoms with van der Waals surface area (Å²) in [6, 6.07) is 5.70. The van der Waals surface area contributed by atoms with Crippen molar-refractivity contribution in [1.29, 1.82) is 0 Å². The van der Waals surface area contributed by atoms with Crippen molar-refractivity contribution in [3.63, 3.8) is 0 Å². The molecule has 0 unspecified atom stereocenters. The van der Waals surface area contributed by atoms with E-state index in [4.69, 9.17) is 0 Å². The first-order valence-corrected chi connectivity index (χ1v) is 5.91. The molecule has 0 bridgehead atoms. The van der Waals surface area contributed by atoms with Crippen molar-refractivity contribution >= 4 is 0 Å². The lowest BCUT2D eigenvalue weighted by atomic mass is 9.89. The second-order valence-electron chi connectivity index (χ2n) is 5.10. The van der Waals surface area contributed by atoms with Crippen LogP contribution in [0.15, 0.2) is 24.3 Å². The van der Waals surface area contributed by atoms with Gasteiger partial charge in [-0.3, -0.25) is 0 Å². The number of hydrogen-bond donors (Lipinski definition) is 1. The van der Waals surface area contributed by atoms with E-state index in [1.54, 1.807) is 12.1 Å². The van der Waals surface area contributed by atoms with E-state index in [2.05, 4.69) is 5.32 Å². The Hall–Kier alpha value is -1.03. The topological polar surface area (TPSA) is 12.0 Å². The van der Waals surface area contributed by atoms with Crippen molar-refractivity contribution < 1.29 is 13.2 Å². The van der Waals surface area contributed by atoms with E-state index in [0.29, 0.717) is 5.92 Å². The summed E-state index contributed by atoms with van der Waals surface area (Å²) in [5.41, 5.74) is 0.629. The van der Waals surface area contributed by atoms with Crippen LogP contribution in [0.25, 0.3) is 0 Å². The zero-order valence-electron chi connectivity index (χ0n) is 9.35. The van der Waals surface area contributed by atoms with Gasteiger partial charge in [0.1, 0.15) is 0 Å². The van der Waals surface area contributed by atoms with Crippen LogP contribution < -0.4 is 5.32 Å². The molecule has 2 fully saturated rings. The Morgan fingerprint density at radius 3 is 2.47 bits per heavy atom. The van der Waals surface area contributed by atoms with Crippen molar-refractivity contribution in [2.45, 2.75) is 24.4 Å². The van der Waals surface area contributed by atoms with Crippen LogP contribution in [0, 0.1) is 5.92 Å². The maximum Gasteiger partial charge on any atom is 0.416 e. The Bertz CT molecular complexity index is 423. The van der Waals surface area contributed by atoms with Gasteiger partial charge < -0.3 is 5.32 Å². The van der Waals surface area contributed by atoms with Crippen LogP contribution in [-0.4, -0.2) is 13.1 Å². The molecule has 17 heavy (non-hydrogen) atoms. The van der Waals surface area contributed by atoms with Gasteiger partial charge in [0.15, 0.2) is 0 Å². The number of hydrogen-bond acceptors (Lipinski definition) is 1. The van der Waals surface area contributed by atoms with Gasteiger partial charge in [-0.25, -0.2) is 0 Å². The minimum absolute atomic E-state index is 0.127. The molecule has 1 aromatic carbocycles. The van der Waals surface area contributed by atoms with Crippen molar-refractivity contribution in [2.24, 2.45) is 5.92 Å². The summed E-state index contributed by atoms with van der Waals surface area (Å²) in [6.45, 7) is 1.94. The second kappa shape index (κ2) is 3.48. The Morgan fingerprint density at radius 1 is 1.18 bits per heavy atom. The SMILES string of the molecule is FC(F)(F)c1ccc([C@@]23CNCC[C@H]2C3)cc1. The van der Waals surface area contributed by atoms with E-state index < -0.39 is 11.7 Å². The summed E-state index contributed by atoms with van der Waals surface area (Å²) in [5.74, 6) is 0.667. The summed E-state index contributed by atoms with van der Waals surface area (Å²) in [6.07, 6.45) is -1.98. The number of fused-ring (bicyclic) bond motifs is 1. The monoisotopic (exact) mass is 241 g/mol. The fourth-order valence-corrected chi connectivity index (χ4v) is 3.01. The third-order valence-electron chi connectivity index (χ3n) is 4.13. The molecule has 1 aromatic rings. The smallest absolute Gasteiger partial charge is 0.316 e. The van der Waals surface area contributed by atoms with Crippen molar-refractivity contribution in [3.05, 3.63) is 35.4 Å². The van der Waals surface area contributed by atoms with E-state index in [9.17, 15) is 13.2 Å². The van der Waals surface area contributed by atoms with E-state index >= 15 is 0 Å². The molecule has 0 aromatic heterocycles. The molecule has 1 heterocycles. The second-order valence-corrected chi connectivity index (χ2v) is 5.10. The quantitative estimate of drug-likeness (QED) is 0.797. The van der Waals surface area contributed by atoms with E-state index in [0.717, 1.165) is 31.5 Å². The highest BCUT2D eigenvalue weighted by atomic mass is 19.4. The van der Waals surface area contributed by atoms with Crippen LogP contribution in [0.4, 0.5) is 13.2 Å². The van der Waals surface area contributed by atoms with Gasteiger partial charge in [-0.05, 0) is 43.0 Å². The first kappa shape index (κ1) is 11.1. The number of nitrogens with one attached hydrogen (secondary N) is 1. The summed E-state index contributed by atoms with van der Waals surface area (Å²) in [7, 11) is 0. The minimum atomic E-state index is -4.23. The Labute approximate surface area is 98.0 Å². The molecule has 92 valence electrons. The first-order valence-electron chi connectivity index (χ1n) is 5.91. The average molecular weight is 241 g/mol. The lowest BCUT2D eigenvalue weighted by Gasteiger charge is -2.23. The maximum absolute atomic E-state index is 12.5. The van der Waals surface area contributed by atoms with E-state index in [-0.39, 0.29) is 5.41 Å². The van der Waals surface area contributed by atoms with Crippen LogP contribution in [0.5, 0.6) is 0 Å². The van der Waals surface area contributed by atoms with E-state index in [1.807, 2.05) is 0 Å². The maximum atomic E-state index is 12.5. The predicted octanol–water partition coefficient (Wildman–Crippen LogP) is 2.96. The third-order valence-corrected chi connectivity index (χ3v) is 4.13. The standard InChI is InChI=1S/C13H14F3N/c14-13(15,16)10-3-1-9(2-4-10)12-7-11(12)5-6-17-8-12/h1-4,11,17H,5-8H2/t11-,12+/m0/s1. The molecule has 1 aliphatic heterocycles. The highest BCUT2D eigenvalue weighted by Crippen LogP contribution is 2.57. The number of piperidine rings is 1. The van der Waals surface area contributed by atoms with Crippen LogP contribution in [-0.2, 0) is 11.6 Å². The van der Waals surface area contributed by atoms with Crippen molar-refractivity contribution in [1.82, 2.24) is 5.32 Å². The van der Waals surface area contributed by atoms with Crippen molar-refractivity contribution in [2.75, 3.05) is 13.1 Å². The minimum Gasteiger partial charge on any atom is -0.316 e. The molecule has 4 heteroatoms. The summed E-state index contributed by atoms with van der Waals surface area (Å²) in [4.78, 5) is 0. The average Bonchev–Trinajstić information content (AvgIpc) is 3.03. The fraction of sp³-hybridized carbons (Fsp3) is 0.538. The zero-order valence-corrected chi connectivity index (χ0v) is 9.35. The summed E-state index contributed by atoms with van der Waals surface area (Å²) >= 11 is 0. The number of halogens is 3. The summed E-state index contributed by atoms with van der Waals surface area (Å²) in [5, 5.41) is 3.34. The Morgan fingerprint density at radius 2 is 1.88 bits per heavy atom. The fourth-order valence-electron chi connectivity index (χ4n) is 3.01. The highest BCUT2D eigenvalue weighted by Gasteiger charge is 2.55. The van der Waals surface area contributed by atoms with Crippen LogP contribution in [0.2, 0.25) is 0 Å². The molecule has 3 rings (SSSR count). The van der Waals surface area contributed by atoms with Gasteiger partial charge >= 0.3 is 6.18 Å². The molecule has 0 radical (unpaired) electrons. The largest absolute Gasteiger partial charge is 0.416 e. The van der Waals surface area contributed by atoms with Crippen LogP contribution >= 0.6 is 0 Å². The Kier molecular flexibility index (Phi) is 2.27. The molecule has 1 saturated heterocycles. The predicted molar refractivity (Wildman–Crippen MR) is 58.7 cm³/mol. The number of benzene rings is 1. The molecular weight excluding hydrogens is 227 g/mol. The lowest BCUT2D eigenvalue weighted by molar-refractivity contribution is -0.137. The molecule has 1 nitrogen and oxygen atoms in total. The number of rotatable bonds is 1. The highest BCUT2D eigenvalue weighted by molar-refractivity contribution is 5.37. The molecule has 1 N–H and O–H groups in total. The molecule has 0 amide bonds. The molecule has 2 aliphatic rings. The molecule has 1 aliphatic carbocycles. The lowest BCUT2D eigenvalue weighted by Crippen LogP contribution is -2.34. The van der Waals surface area contributed by atoms with Gasteiger partial charge in [-0.1, -0.05) is 12.1 Å².